The first-order valence-corrected chi connectivity index (χ1v) is 5.90. The van der Waals surface area contributed by atoms with Gasteiger partial charge in [0.1, 0.15) is 5.75 Å². The molecule has 2 N–H and O–H groups in total. The Labute approximate surface area is 106 Å². The van der Waals surface area contributed by atoms with E-state index in [9.17, 15) is 0 Å². The van der Waals surface area contributed by atoms with Crippen molar-refractivity contribution < 1.29 is 4.74 Å². The molecular weight excluding hydrogens is 230 g/mol. The zero-order valence-electron chi connectivity index (χ0n) is 10.6. The van der Waals surface area contributed by atoms with Gasteiger partial charge in [-0.15, -0.1) is 10.2 Å². The summed E-state index contributed by atoms with van der Waals surface area (Å²) in [5.74, 6) is 1.33. The highest BCUT2D eigenvalue weighted by atomic mass is 16.5. The van der Waals surface area contributed by atoms with Crippen LogP contribution in [0.3, 0.4) is 0 Å². The van der Waals surface area contributed by atoms with E-state index in [2.05, 4.69) is 22.3 Å². The number of tetrazole rings is 1. The molecule has 0 aliphatic heterocycles. The molecule has 1 atom stereocenters. The molecule has 6 nitrogen and oxygen atoms in total. The van der Waals surface area contributed by atoms with E-state index in [-0.39, 0.29) is 6.04 Å². The van der Waals surface area contributed by atoms with Gasteiger partial charge in [-0.2, -0.15) is 4.80 Å². The van der Waals surface area contributed by atoms with Gasteiger partial charge in [-0.3, -0.25) is 0 Å². The van der Waals surface area contributed by atoms with Crippen molar-refractivity contribution in [2.24, 2.45) is 12.8 Å². The van der Waals surface area contributed by atoms with Gasteiger partial charge >= 0.3 is 0 Å². The highest BCUT2D eigenvalue weighted by molar-refractivity contribution is 5.28. The first kappa shape index (κ1) is 12.5. The predicted octanol–water partition coefficient (Wildman–Crippen LogP) is 1.20. The highest BCUT2D eigenvalue weighted by Gasteiger charge is 2.04. The zero-order valence-corrected chi connectivity index (χ0v) is 10.6. The number of benzene rings is 1. The van der Waals surface area contributed by atoms with E-state index in [1.54, 1.807) is 7.05 Å². The van der Waals surface area contributed by atoms with E-state index in [1.807, 2.05) is 24.3 Å². The lowest BCUT2D eigenvalue weighted by molar-refractivity contribution is 0.295. The number of rotatable bonds is 5. The number of nitrogens with zero attached hydrogens (tertiary/aromatic N) is 4. The molecule has 0 amide bonds. The Balaban J connectivity index is 1.94. The Morgan fingerprint density at radius 1 is 1.33 bits per heavy atom. The Bertz CT molecular complexity index is 493. The first-order valence-electron chi connectivity index (χ1n) is 5.90. The molecule has 1 heterocycles. The van der Waals surface area contributed by atoms with Crippen molar-refractivity contribution in [2.45, 2.75) is 26.0 Å². The number of ether oxygens (including phenoxy) is 1. The summed E-state index contributed by atoms with van der Waals surface area (Å²) in [6, 6.07) is 7.85. The molecule has 0 radical (unpaired) electrons. The van der Waals surface area contributed by atoms with Crippen LogP contribution < -0.4 is 10.5 Å². The Morgan fingerprint density at radius 2 is 2.06 bits per heavy atom. The molecule has 6 heteroatoms. The molecule has 0 saturated carbocycles. The van der Waals surface area contributed by atoms with Crippen LogP contribution in [0, 0.1) is 0 Å². The second-order valence-electron chi connectivity index (χ2n) is 4.07. The molecule has 96 valence electrons. The maximum atomic E-state index is 5.94. The summed E-state index contributed by atoms with van der Waals surface area (Å²) < 4.78 is 5.55. The SMILES string of the molecule is CC[C@H](N)c1ccc(OCc2nnn(C)n2)cc1. The minimum atomic E-state index is 0.0840. The van der Waals surface area contributed by atoms with Crippen molar-refractivity contribution in [2.75, 3.05) is 0 Å². The van der Waals surface area contributed by atoms with Crippen LogP contribution in [0.4, 0.5) is 0 Å². The molecule has 0 aliphatic rings. The van der Waals surface area contributed by atoms with Crippen LogP contribution in [0.2, 0.25) is 0 Å². The van der Waals surface area contributed by atoms with Crippen molar-refractivity contribution >= 4 is 0 Å². The lowest BCUT2D eigenvalue weighted by Crippen LogP contribution is -2.08. The second kappa shape index (κ2) is 5.59. The van der Waals surface area contributed by atoms with Crippen molar-refractivity contribution in [1.29, 1.82) is 0 Å². The van der Waals surface area contributed by atoms with E-state index in [0.717, 1.165) is 17.7 Å². The quantitative estimate of drug-likeness (QED) is 0.858. The van der Waals surface area contributed by atoms with Crippen LogP contribution in [0.15, 0.2) is 24.3 Å². The van der Waals surface area contributed by atoms with E-state index in [4.69, 9.17) is 10.5 Å². The normalized spacial score (nSPS) is 12.4. The minimum Gasteiger partial charge on any atom is -0.485 e. The standard InChI is InChI=1S/C12H17N5O/c1-3-11(13)9-4-6-10(7-5-9)18-8-12-14-16-17(2)15-12/h4-7,11H,3,8,13H2,1-2H3/t11-/m0/s1. The average molecular weight is 247 g/mol. The molecular formula is C12H17N5O. The maximum absolute atomic E-state index is 5.94. The van der Waals surface area contributed by atoms with Crippen LogP contribution in [0.25, 0.3) is 0 Å². The average Bonchev–Trinajstić information content (AvgIpc) is 2.82. The molecule has 0 fully saturated rings. The number of aromatic nitrogens is 4. The van der Waals surface area contributed by atoms with Crippen LogP contribution in [0.1, 0.15) is 30.8 Å². The fourth-order valence-electron chi connectivity index (χ4n) is 1.58. The summed E-state index contributed by atoms with van der Waals surface area (Å²) in [6.45, 7) is 2.38. The van der Waals surface area contributed by atoms with Crippen LogP contribution in [0.5, 0.6) is 5.75 Å². The number of nitrogens with two attached hydrogens (primary N) is 1. The molecule has 2 aromatic rings. The molecule has 0 spiro atoms. The monoisotopic (exact) mass is 247 g/mol. The molecule has 18 heavy (non-hydrogen) atoms. The number of aryl methyl sites for hydroxylation is 1. The van der Waals surface area contributed by atoms with Gasteiger partial charge in [0.05, 0.1) is 7.05 Å². The number of hydrogen-bond donors (Lipinski definition) is 1. The van der Waals surface area contributed by atoms with Gasteiger partial charge in [0.15, 0.2) is 6.61 Å². The largest absolute Gasteiger partial charge is 0.485 e. The van der Waals surface area contributed by atoms with Crippen molar-refractivity contribution in [3.63, 3.8) is 0 Å². The Morgan fingerprint density at radius 3 is 2.61 bits per heavy atom. The molecule has 0 aliphatic carbocycles. The molecule has 1 aromatic carbocycles. The van der Waals surface area contributed by atoms with Crippen LogP contribution in [-0.4, -0.2) is 20.2 Å². The fraction of sp³-hybridized carbons (Fsp3) is 0.417. The van der Waals surface area contributed by atoms with Crippen molar-refractivity contribution in [3.8, 4) is 5.75 Å². The highest BCUT2D eigenvalue weighted by Crippen LogP contribution is 2.18. The van der Waals surface area contributed by atoms with E-state index < -0.39 is 0 Å². The molecule has 2 rings (SSSR count). The van der Waals surface area contributed by atoms with Gasteiger partial charge in [-0.1, -0.05) is 19.1 Å². The third-order valence-corrected chi connectivity index (χ3v) is 2.67. The van der Waals surface area contributed by atoms with Gasteiger partial charge in [0, 0.05) is 6.04 Å². The summed E-state index contributed by atoms with van der Waals surface area (Å²) in [4.78, 5) is 1.40. The van der Waals surface area contributed by atoms with E-state index in [1.165, 1.54) is 4.80 Å². The summed E-state index contributed by atoms with van der Waals surface area (Å²) in [6.07, 6.45) is 0.920. The topological polar surface area (TPSA) is 78.9 Å². The molecule has 0 bridgehead atoms. The molecule has 0 unspecified atom stereocenters. The summed E-state index contributed by atoms with van der Waals surface area (Å²) in [7, 11) is 1.72. The predicted molar refractivity (Wildman–Crippen MR) is 66.8 cm³/mol. The lowest BCUT2D eigenvalue weighted by Gasteiger charge is -2.10. The smallest absolute Gasteiger partial charge is 0.212 e. The minimum absolute atomic E-state index is 0.0840. The summed E-state index contributed by atoms with van der Waals surface area (Å²) >= 11 is 0. The Hall–Kier alpha value is -1.95. The van der Waals surface area contributed by atoms with Crippen molar-refractivity contribution in [1.82, 2.24) is 20.2 Å². The van der Waals surface area contributed by atoms with Crippen LogP contribution in [-0.2, 0) is 13.7 Å². The summed E-state index contributed by atoms with van der Waals surface area (Å²) in [5.41, 5.74) is 7.05. The summed E-state index contributed by atoms with van der Waals surface area (Å²) in [5, 5.41) is 11.6. The van der Waals surface area contributed by atoms with Gasteiger partial charge in [-0.05, 0) is 29.3 Å². The van der Waals surface area contributed by atoms with E-state index >= 15 is 0 Å². The zero-order chi connectivity index (χ0) is 13.0. The fourth-order valence-corrected chi connectivity index (χ4v) is 1.58. The van der Waals surface area contributed by atoms with Gasteiger partial charge < -0.3 is 10.5 Å². The third-order valence-electron chi connectivity index (χ3n) is 2.67. The van der Waals surface area contributed by atoms with Crippen LogP contribution >= 0.6 is 0 Å². The molecule has 0 saturated heterocycles. The van der Waals surface area contributed by atoms with Gasteiger partial charge in [0.2, 0.25) is 5.82 Å². The lowest BCUT2D eigenvalue weighted by atomic mass is 10.1. The number of hydrogen-bond acceptors (Lipinski definition) is 5. The second-order valence-corrected chi connectivity index (χ2v) is 4.07. The Kier molecular flexibility index (Phi) is 3.88. The third kappa shape index (κ3) is 3.04. The van der Waals surface area contributed by atoms with Gasteiger partial charge in [0.25, 0.3) is 0 Å². The maximum Gasteiger partial charge on any atom is 0.212 e. The molecule has 1 aromatic heterocycles. The first-order chi connectivity index (χ1) is 8.69. The van der Waals surface area contributed by atoms with Gasteiger partial charge in [-0.25, -0.2) is 0 Å². The van der Waals surface area contributed by atoms with E-state index in [0.29, 0.717) is 12.4 Å². The van der Waals surface area contributed by atoms with Crippen molar-refractivity contribution in [3.05, 3.63) is 35.7 Å².